The highest BCUT2D eigenvalue weighted by atomic mass is 16.5. The number of hydrogen-bond acceptors (Lipinski definition) is 6. The van der Waals surface area contributed by atoms with Crippen LogP contribution >= 0.6 is 0 Å². The second-order valence-corrected chi connectivity index (χ2v) is 7.74. The Morgan fingerprint density at radius 1 is 0.647 bits per heavy atom. The van der Waals surface area contributed by atoms with Crippen molar-refractivity contribution in [3.63, 3.8) is 0 Å². The molecule has 2 aromatic heterocycles. The van der Waals surface area contributed by atoms with Crippen LogP contribution in [0.25, 0.3) is 21.8 Å². The van der Waals surface area contributed by atoms with Gasteiger partial charge in [0, 0.05) is 45.6 Å². The van der Waals surface area contributed by atoms with Crippen LogP contribution < -0.4 is 10.6 Å². The number of aromatic amines is 2. The number of carbonyl (C=O) groups is 2. The van der Waals surface area contributed by atoms with Gasteiger partial charge in [-0.2, -0.15) is 0 Å². The van der Waals surface area contributed by atoms with Crippen molar-refractivity contribution in [3.8, 4) is 0 Å². The van der Waals surface area contributed by atoms with Gasteiger partial charge in [0.05, 0.1) is 36.7 Å². The third-order valence-electron chi connectivity index (χ3n) is 5.63. The molecule has 170 valence electrons. The lowest BCUT2D eigenvalue weighted by atomic mass is 10.0. The molecule has 0 spiro atoms. The van der Waals surface area contributed by atoms with Crippen LogP contribution in [0.3, 0.4) is 0 Å². The Bertz CT molecular complexity index is 1420. The summed E-state index contributed by atoms with van der Waals surface area (Å²) in [6.45, 7) is 0. The van der Waals surface area contributed by atoms with Gasteiger partial charge in [0.25, 0.3) is 0 Å². The smallest absolute Gasteiger partial charge is 0.340 e. The number of benzene rings is 3. The van der Waals surface area contributed by atoms with Crippen molar-refractivity contribution in [3.05, 3.63) is 84.2 Å². The summed E-state index contributed by atoms with van der Waals surface area (Å²) >= 11 is 0. The molecule has 8 nitrogen and oxygen atoms in total. The van der Waals surface area contributed by atoms with E-state index in [4.69, 9.17) is 9.47 Å². The van der Waals surface area contributed by atoms with Crippen molar-refractivity contribution in [2.45, 2.75) is 0 Å². The number of nitrogens with one attached hydrogen (secondary N) is 4. The first-order valence-corrected chi connectivity index (χ1v) is 10.6. The van der Waals surface area contributed by atoms with Crippen molar-refractivity contribution in [1.29, 1.82) is 0 Å². The van der Waals surface area contributed by atoms with Gasteiger partial charge in [-0.05, 0) is 60.7 Å². The van der Waals surface area contributed by atoms with Gasteiger partial charge in [0.15, 0.2) is 0 Å². The molecule has 2 heterocycles. The lowest BCUT2D eigenvalue weighted by molar-refractivity contribution is 0.0588. The van der Waals surface area contributed by atoms with Crippen molar-refractivity contribution in [2.24, 2.45) is 0 Å². The maximum Gasteiger partial charge on any atom is 0.340 e. The van der Waals surface area contributed by atoms with Gasteiger partial charge in [-0.25, -0.2) is 9.59 Å². The number of H-pyrrole nitrogens is 2. The zero-order chi connectivity index (χ0) is 23.7. The minimum Gasteiger partial charge on any atom is -0.465 e. The predicted molar refractivity (Wildman–Crippen MR) is 132 cm³/mol. The van der Waals surface area contributed by atoms with Crippen LogP contribution in [0.2, 0.25) is 0 Å². The summed E-state index contributed by atoms with van der Waals surface area (Å²) in [6, 6.07) is 18.6. The molecule has 0 amide bonds. The van der Waals surface area contributed by atoms with Crippen LogP contribution in [-0.2, 0) is 9.47 Å². The van der Waals surface area contributed by atoms with Gasteiger partial charge < -0.3 is 30.1 Å². The van der Waals surface area contributed by atoms with Crippen molar-refractivity contribution in [2.75, 3.05) is 24.9 Å². The van der Waals surface area contributed by atoms with E-state index >= 15 is 0 Å². The Hall–Kier alpha value is -4.72. The van der Waals surface area contributed by atoms with Crippen LogP contribution in [0.15, 0.2) is 73.1 Å². The minimum absolute atomic E-state index is 0.273. The molecule has 5 aromatic rings. The molecule has 0 atom stereocenters. The maximum atomic E-state index is 12.7. The molecule has 3 aromatic carbocycles. The molecule has 8 heteroatoms. The third-order valence-corrected chi connectivity index (χ3v) is 5.63. The molecule has 0 aliphatic carbocycles. The normalized spacial score (nSPS) is 10.9. The average Bonchev–Trinajstić information content (AvgIpc) is 3.52. The van der Waals surface area contributed by atoms with Gasteiger partial charge in [-0.3, -0.25) is 0 Å². The molecule has 0 bridgehead atoms. The zero-order valence-corrected chi connectivity index (χ0v) is 18.6. The largest absolute Gasteiger partial charge is 0.465 e. The molecule has 5 rings (SSSR count). The fraction of sp³-hybridized carbons (Fsp3) is 0.0769. The van der Waals surface area contributed by atoms with Gasteiger partial charge in [0.1, 0.15) is 0 Å². The van der Waals surface area contributed by atoms with Gasteiger partial charge in [-0.1, -0.05) is 0 Å². The standard InChI is InChI=1S/C26H22N4O4/c1-33-25(31)19-13-24(30-18-4-6-22-16(12-18)8-10-28-22)20(26(32)34-2)14-23(19)29-17-3-5-21-15(11-17)7-9-27-21/h3-14,27-30H,1-2H3. The predicted octanol–water partition coefficient (Wildman–Crippen LogP) is 5.71. The van der Waals surface area contributed by atoms with Gasteiger partial charge >= 0.3 is 11.9 Å². The van der Waals surface area contributed by atoms with Crippen molar-refractivity contribution < 1.29 is 19.1 Å². The van der Waals surface area contributed by atoms with E-state index in [1.807, 2.05) is 60.9 Å². The first-order valence-electron chi connectivity index (χ1n) is 10.6. The van der Waals surface area contributed by atoms with Crippen LogP contribution in [0, 0.1) is 0 Å². The first kappa shape index (κ1) is 21.1. The van der Waals surface area contributed by atoms with Crippen LogP contribution in [0.5, 0.6) is 0 Å². The highest BCUT2D eigenvalue weighted by Crippen LogP contribution is 2.32. The summed E-state index contributed by atoms with van der Waals surface area (Å²) in [6.07, 6.45) is 3.71. The van der Waals surface area contributed by atoms with E-state index in [9.17, 15) is 9.59 Å². The number of hydrogen-bond donors (Lipinski definition) is 4. The summed E-state index contributed by atoms with van der Waals surface area (Å²) in [4.78, 5) is 31.6. The topological polar surface area (TPSA) is 108 Å². The van der Waals surface area contributed by atoms with Crippen molar-refractivity contribution >= 4 is 56.5 Å². The maximum absolute atomic E-state index is 12.7. The third kappa shape index (κ3) is 3.93. The Kier molecular flexibility index (Phi) is 5.39. The number of anilines is 4. The molecule has 34 heavy (non-hydrogen) atoms. The first-order chi connectivity index (χ1) is 16.6. The molecule has 0 saturated carbocycles. The van der Waals surface area contributed by atoms with Gasteiger partial charge in [-0.15, -0.1) is 0 Å². The van der Waals surface area contributed by atoms with Crippen LogP contribution in [-0.4, -0.2) is 36.1 Å². The Morgan fingerprint density at radius 3 is 1.50 bits per heavy atom. The minimum atomic E-state index is -0.536. The SMILES string of the molecule is COC(=O)c1cc(Nc2ccc3[nH]ccc3c2)c(C(=O)OC)cc1Nc1ccc2[nH]ccc2c1. The number of rotatable bonds is 6. The molecule has 4 N–H and O–H groups in total. The van der Waals surface area contributed by atoms with Gasteiger partial charge in [0.2, 0.25) is 0 Å². The summed E-state index contributed by atoms with van der Waals surface area (Å²) in [7, 11) is 2.64. The van der Waals surface area contributed by atoms with E-state index in [-0.39, 0.29) is 11.1 Å². The molecule has 0 radical (unpaired) electrons. The molecule has 0 aliphatic rings. The average molecular weight is 454 g/mol. The molecular formula is C26H22N4O4. The number of ether oxygens (including phenoxy) is 2. The summed E-state index contributed by atoms with van der Waals surface area (Å²) in [5.74, 6) is -1.07. The van der Waals surface area contributed by atoms with Crippen molar-refractivity contribution in [1.82, 2.24) is 9.97 Å². The van der Waals surface area contributed by atoms with E-state index in [0.29, 0.717) is 11.4 Å². The summed E-state index contributed by atoms with van der Waals surface area (Å²) in [5.41, 5.74) is 4.89. The Labute approximate surface area is 194 Å². The van der Waals surface area contributed by atoms with E-state index < -0.39 is 11.9 Å². The number of esters is 2. The second kappa shape index (κ2) is 8.67. The van der Waals surface area contributed by atoms with E-state index in [2.05, 4.69) is 20.6 Å². The zero-order valence-electron chi connectivity index (χ0n) is 18.6. The summed E-state index contributed by atoms with van der Waals surface area (Å²) in [5, 5.41) is 8.51. The molecule has 0 aliphatic heterocycles. The Morgan fingerprint density at radius 2 is 1.09 bits per heavy atom. The lowest BCUT2D eigenvalue weighted by Gasteiger charge is -2.17. The Balaban J connectivity index is 1.59. The fourth-order valence-corrected chi connectivity index (χ4v) is 3.94. The second-order valence-electron chi connectivity index (χ2n) is 7.74. The monoisotopic (exact) mass is 454 g/mol. The molecule has 0 saturated heterocycles. The molecular weight excluding hydrogens is 432 g/mol. The highest BCUT2D eigenvalue weighted by Gasteiger charge is 2.21. The number of methoxy groups -OCH3 is 2. The number of aromatic nitrogens is 2. The number of carbonyl (C=O) groups excluding carboxylic acids is 2. The molecule has 0 fully saturated rings. The van der Waals surface area contributed by atoms with Crippen LogP contribution in [0.4, 0.5) is 22.7 Å². The summed E-state index contributed by atoms with van der Waals surface area (Å²) < 4.78 is 10.0. The van der Waals surface area contributed by atoms with E-state index in [1.54, 1.807) is 12.1 Å². The quantitative estimate of drug-likeness (QED) is 0.245. The highest BCUT2D eigenvalue weighted by molar-refractivity contribution is 6.04. The lowest BCUT2D eigenvalue weighted by Crippen LogP contribution is -2.12. The van der Waals surface area contributed by atoms with E-state index in [0.717, 1.165) is 33.2 Å². The number of fused-ring (bicyclic) bond motifs is 2. The molecule has 0 unspecified atom stereocenters. The fourth-order valence-electron chi connectivity index (χ4n) is 3.94. The van der Waals surface area contributed by atoms with Crippen LogP contribution in [0.1, 0.15) is 20.7 Å². The van der Waals surface area contributed by atoms with E-state index in [1.165, 1.54) is 14.2 Å².